The summed E-state index contributed by atoms with van der Waals surface area (Å²) < 4.78 is 1.83. The van der Waals surface area contributed by atoms with Crippen LogP contribution in [0.5, 0.6) is 0 Å². The van der Waals surface area contributed by atoms with Gasteiger partial charge in [0.15, 0.2) is 0 Å². The molecule has 1 heterocycles. The summed E-state index contributed by atoms with van der Waals surface area (Å²) in [7, 11) is 0. The van der Waals surface area contributed by atoms with Gasteiger partial charge in [-0.15, -0.1) is 0 Å². The Balaban J connectivity index is 1.41. The standard InChI is InChI=1S/C22H25N5O2/c1-17-7-9-18(10-8-17)13-24-22(29)25-15-21(28)23-14-19-5-2-3-6-20(19)16-27-12-4-11-26-27/h2-12H,13-16H2,1H3,(H,23,28)(H2,24,25,29). The molecule has 0 spiro atoms. The number of hydrogen-bond acceptors (Lipinski definition) is 3. The Morgan fingerprint density at radius 2 is 1.66 bits per heavy atom. The smallest absolute Gasteiger partial charge is 0.315 e. The van der Waals surface area contributed by atoms with E-state index in [1.54, 1.807) is 6.20 Å². The van der Waals surface area contributed by atoms with E-state index in [0.29, 0.717) is 19.6 Å². The lowest BCUT2D eigenvalue weighted by molar-refractivity contribution is -0.120. The molecule has 0 aliphatic rings. The molecule has 0 atom stereocenters. The lowest BCUT2D eigenvalue weighted by atomic mass is 10.1. The third-order valence-electron chi connectivity index (χ3n) is 4.47. The number of aromatic nitrogens is 2. The zero-order chi connectivity index (χ0) is 20.5. The minimum atomic E-state index is -0.375. The molecule has 3 aromatic rings. The second-order valence-corrected chi connectivity index (χ2v) is 6.77. The molecule has 0 bridgehead atoms. The van der Waals surface area contributed by atoms with Gasteiger partial charge < -0.3 is 16.0 Å². The SMILES string of the molecule is Cc1ccc(CNC(=O)NCC(=O)NCc2ccccc2Cn2cccn2)cc1. The summed E-state index contributed by atoms with van der Waals surface area (Å²) in [5, 5.41) is 12.4. The van der Waals surface area contributed by atoms with Crippen molar-refractivity contribution < 1.29 is 9.59 Å². The highest BCUT2D eigenvalue weighted by Crippen LogP contribution is 2.10. The Hall–Kier alpha value is -3.61. The van der Waals surface area contributed by atoms with Gasteiger partial charge in [-0.3, -0.25) is 9.48 Å². The van der Waals surface area contributed by atoms with E-state index in [1.165, 1.54) is 5.56 Å². The van der Waals surface area contributed by atoms with Gasteiger partial charge in [-0.25, -0.2) is 4.79 Å². The highest BCUT2D eigenvalue weighted by molar-refractivity contribution is 5.83. The molecule has 29 heavy (non-hydrogen) atoms. The molecule has 0 aliphatic heterocycles. The second kappa shape index (κ2) is 10.1. The van der Waals surface area contributed by atoms with Gasteiger partial charge in [0.05, 0.1) is 13.1 Å². The van der Waals surface area contributed by atoms with Gasteiger partial charge in [-0.1, -0.05) is 54.1 Å². The van der Waals surface area contributed by atoms with Gasteiger partial charge in [0.1, 0.15) is 0 Å². The molecule has 150 valence electrons. The highest BCUT2D eigenvalue weighted by Gasteiger charge is 2.07. The summed E-state index contributed by atoms with van der Waals surface area (Å²) >= 11 is 0. The molecule has 7 nitrogen and oxygen atoms in total. The quantitative estimate of drug-likeness (QED) is 0.551. The molecule has 2 aromatic carbocycles. The van der Waals surface area contributed by atoms with Gasteiger partial charge >= 0.3 is 6.03 Å². The molecule has 3 rings (SSSR count). The van der Waals surface area contributed by atoms with E-state index in [9.17, 15) is 9.59 Å². The number of carbonyl (C=O) groups is 2. The summed E-state index contributed by atoms with van der Waals surface area (Å²) in [5.74, 6) is -0.246. The van der Waals surface area contributed by atoms with E-state index >= 15 is 0 Å². The van der Waals surface area contributed by atoms with E-state index in [-0.39, 0.29) is 18.5 Å². The van der Waals surface area contributed by atoms with Crippen LogP contribution >= 0.6 is 0 Å². The van der Waals surface area contributed by atoms with E-state index in [4.69, 9.17) is 0 Å². The topological polar surface area (TPSA) is 88.0 Å². The molecular formula is C22H25N5O2. The summed E-state index contributed by atoms with van der Waals surface area (Å²) in [6.45, 7) is 3.37. The highest BCUT2D eigenvalue weighted by atomic mass is 16.2. The van der Waals surface area contributed by atoms with Crippen LogP contribution in [0.4, 0.5) is 4.79 Å². The van der Waals surface area contributed by atoms with Gasteiger partial charge in [0.2, 0.25) is 5.91 Å². The fourth-order valence-corrected chi connectivity index (χ4v) is 2.82. The zero-order valence-corrected chi connectivity index (χ0v) is 16.4. The van der Waals surface area contributed by atoms with Crippen LogP contribution in [0.25, 0.3) is 0 Å². The minimum absolute atomic E-state index is 0.0823. The largest absolute Gasteiger partial charge is 0.350 e. The van der Waals surface area contributed by atoms with Crippen LogP contribution in [0, 0.1) is 6.92 Å². The minimum Gasteiger partial charge on any atom is -0.350 e. The number of urea groups is 1. The van der Waals surface area contributed by atoms with Gasteiger partial charge in [0.25, 0.3) is 0 Å². The first kappa shape index (κ1) is 20.1. The third-order valence-corrected chi connectivity index (χ3v) is 4.47. The van der Waals surface area contributed by atoms with Crippen molar-refractivity contribution in [2.45, 2.75) is 26.6 Å². The average molecular weight is 391 g/mol. The maximum absolute atomic E-state index is 12.1. The predicted octanol–water partition coefficient (Wildman–Crippen LogP) is 2.36. The van der Waals surface area contributed by atoms with Gasteiger partial charge in [-0.05, 0) is 29.7 Å². The average Bonchev–Trinajstić information content (AvgIpc) is 3.24. The van der Waals surface area contributed by atoms with Crippen LogP contribution in [-0.4, -0.2) is 28.3 Å². The zero-order valence-electron chi connectivity index (χ0n) is 16.4. The molecule has 7 heteroatoms. The fraction of sp³-hybridized carbons (Fsp3) is 0.227. The van der Waals surface area contributed by atoms with Crippen molar-refractivity contribution in [3.63, 3.8) is 0 Å². The van der Waals surface area contributed by atoms with Crippen LogP contribution in [0.15, 0.2) is 67.0 Å². The molecule has 3 N–H and O–H groups in total. The van der Waals surface area contributed by atoms with Gasteiger partial charge in [-0.2, -0.15) is 5.10 Å². The first-order valence-corrected chi connectivity index (χ1v) is 9.48. The van der Waals surface area contributed by atoms with Crippen molar-refractivity contribution in [1.82, 2.24) is 25.7 Å². The number of rotatable bonds is 8. The van der Waals surface area contributed by atoms with Crippen LogP contribution in [0.1, 0.15) is 22.3 Å². The Bertz CT molecular complexity index is 936. The first-order valence-electron chi connectivity index (χ1n) is 9.48. The Labute approximate surface area is 170 Å². The Morgan fingerprint density at radius 1 is 0.897 bits per heavy atom. The number of nitrogens with zero attached hydrogens (tertiary/aromatic N) is 2. The first-order chi connectivity index (χ1) is 14.1. The molecule has 0 radical (unpaired) electrons. The van der Waals surface area contributed by atoms with Crippen molar-refractivity contribution in [1.29, 1.82) is 0 Å². The van der Waals surface area contributed by atoms with E-state index < -0.39 is 0 Å². The third kappa shape index (κ3) is 6.49. The monoisotopic (exact) mass is 391 g/mol. The molecule has 3 amide bonds. The van der Waals surface area contributed by atoms with E-state index in [1.807, 2.05) is 72.4 Å². The number of nitrogens with one attached hydrogen (secondary N) is 3. The van der Waals surface area contributed by atoms with Crippen molar-refractivity contribution >= 4 is 11.9 Å². The van der Waals surface area contributed by atoms with Crippen molar-refractivity contribution in [3.05, 3.63) is 89.2 Å². The van der Waals surface area contributed by atoms with Crippen LogP contribution in [-0.2, 0) is 24.4 Å². The molecule has 1 aromatic heterocycles. The number of amides is 3. The number of hydrogen-bond donors (Lipinski definition) is 3. The molecule has 0 saturated carbocycles. The molecule has 0 saturated heterocycles. The lowest BCUT2D eigenvalue weighted by Crippen LogP contribution is -2.41. The Kier molecular flexibility index (Phi) is 7.00. The molecular weight excluding hydrogens is 366 g/mol. The maximum atomic E-state index is 12.1. The van der Waals surface area contributed by atoms with Crippen molar-refractivity contribution in [2.24, 2.45) is 0 Å². The predicted molar refractivity (Wildman–Crippen MR) is 111 cm³/mol. The van der Waals surface area contributed by atoms with Crippen molar-refractivity contribution in [3.8, 4) is 0 Å². The van der Waals surface area contributed by atoms with Crippen LogP contribution in [0.3, 0.4) is 0 Å². The summed E-state index contributed by atoms with van der Waals surface area (Å²) in [6, 6.07) is 17.3. The molecule has 0 fully saturated rings. The summed E-state index contributed by atoms with van der Waals surface area (Å²) in [4.78, 5) is 24.0. The fourth-order valence-electron chi connectivity index (χ4n) is 2.82. The maximum Gasteiger partial charge on any atom is 0.315 e. The van der Waals surface area contributed by atoms with Gasteiger partial charge in [0, 0.05) is 25.5 Å². The van der Waals surface area contributed by atoms with Crippen LogP contribution < -0.4 is 16.0 Å². The molecule has 0 unspecified atom stereocenters. The second-order valence-electron chi connectivity index (χ2n) is 6.77. The normalized spacial score (nSPS) is 10.4. The lowest BCUT2D eigenvalue weighted by Gasteiger charge is -2.12. The Morgan fingerprint density at radius 3 is 2.38 bits per heavy atom. The number of benzene rings is 2. The summed E-state index contributed by atoms with van der Waals surface area (Å²) in [6.07, 6.45) is 3.63. The summed E-state index contributed by atoms with van der Waals surface area (Å²) in [5.41, 5.74) is 4.27. The molecule has 0 aliphatic carbocycles. The van der Waals surface area contributed by atoms with E-state index in [2.05, 4.69) is 21.0 Å². The number of aryl methyl sites for hydroxylation is 1. The van der Waals surface area contributed by atoms with Crippen molar-refractivity contribution in [2.75, 3.05) is 6.54 Å². The number of carbonyl (C=O) groups excluding carboxylic acids is 2. The van der Waals surface area contributed by atoms with Crippen LogP contribution in [0.2, 0.25) is 0 Å². The van der Waals surface area contributed by atoms with E-state index in [0.717, 1.165) is 16.7 Å².